The molecule has 0 fully saturated rings. The molecule has 0 saturated heterocycles. The van der Waals surface area contributed by atoms with Gasteiger partial charge in [0.25, 0.3) is 0 Å². The zero-order chi connectivity index (χ0) is 18.9. The second-order valence-corrected chi connectivity index (χ2v) is 8.11. The number of Topliss-reactive ketones (excluding diaryl/α,β-unsaturated/α-hetero) is 1. The van der Waals surface area contributed by atoms with Crippen LogP contribution in [0.2, 0.25) is 0 Å². The van der Waals surface area contributed by atoms with Crippen molar-refractivity contribution in [2.24, 2.45) is 11.1 Å². The van der Waals surface area contributed by atoms with E-state index in [4.69, 9.17) is 4.84 Å². The van der Waals surface area contributed by atoms with Crippen molar-refractivity contribution in [1.82, 2.24) is 0 Å². The molecule has 0 saturated carbocycles. The van der Waals surface area contributed by atoms with Crippen LogP contribution < -0.4 is 0 Å². The van der Waals surface area contributed by atoms with Crippen LogP contribution in [-0.4, -0.2) is 28.5 Å². The number of aliphatic hydroxyl groups excluding tert-OH is 1. The van der Waals surface area contributed by atoms with Gasteiger partial charge in [-0.05, 0) is 38.3 Å². The van der Waals surface area contributed by atoms with Crippen LogP contribution in [0.25, 0.3) is 0 Å². The van der Waals surface area contributed by atoms with Gasteiger partial charge in [0.15, 0.2) is 5.78 Å². The third-order valence-corrected chi connectivity index (χ3v) is 5.56. The maximum absolute atomic E-state index is 12.4. The fourth-order valence-electron chi connectivity index (χ4n) is 3.23. The monoisotopic (exact) mass is 375 g/mol. The number of benzene rings is 1. The molecule has 1 aliphatic carbocycles. The highest BCUT2D eigenvalue weighted by molar-refractivity contribution is 7.99. The number of hydrogen-bond donors (Lipinski definition) is 1. The van der Waals surface area contributed by atoms with Gasteiger partial charge in [-0.1, -0.05) is 43.6 Å². The van der Waals surface area contributed by atoms with Crippen LogP contribution in [0.5, 0.6) is 0 Å². The van der Waals surface area contributed by atoms with Gasteiger partial charge in [-0.15, -0.1) is 11.8 Å². The van der Waals surface area contributed by atoms with E-state index in [9.17, 15) is 9.90 Å². The summed E-state index contributed by atoms with van der Waals surface area (Å²) in [6, 6.07) is 10.3. The van der Waals surface area contributed by atoms with Gasteiger partial charge in [0, 0.05) is 22.5 Å². The predicted molar refractivity (Wildman–Crippen MR) is 108 cm³/mol. The molecule has 2 atom stereocenters. The van der Waals surface area contributed by atoms with Crippen molar-refractivity contribution >= 4 is 23.3 Å². The molecule has 1 aromatic carbocycles. The molecule has 0 spiro atoms. The maximum atomic E-state index is 12.4. The van der Waals surface area contributed by atoms with E-state index in [1.165, 1.54) is 4.90 Å². The summed E-state index contributed by atoms with van der Waals surface area (Å²) in [5, 5.41) is 15.3. The summed E-state index contributed by atoms with van der Waals surface area (Å²) in [7, 11) is 0. The molecule has 1 aliphatic rings. The molecular weight excluding hydrogens is 346 g/mol. The van der Waals surface area contributed by atoms with Crippen LogP contribution in [-0.2, 0) is 9.63 Å². The van der Waals surface area contributed by atoms with Gasteiger partial charge in [0.05, 0.1) is 11.3 Å². The lowest BCUT2D eigenvalue weighted by Gasteiger charge is -2.26. The van der Waals surface area contributed by atoms with Gasteiger partial charge in [0.1, 0.15) is 12.4 Å². The van der Waals surface area contributed by atoms with Crippen molar-refractivity contribution in [3.63, 3.8) is 0 Å². The molecule has 0 bridgehead atoms. The summed E-state index contributed by atoms with van der Waals surface area (Å²) >= 11 is 1.80. The van der Waals surface area contributed by atoms with Crippen molar-refractivity contribution in [3.05, 3.63) is 41.7 Å². The molecule has 2 rings (SSSR count). The Bertz CT molecular complexity index is 654. The van der Waals surface area contributed by atoms with E-state index in [2.05, 4.69) is 24.2 Å². The van der Waals surface area contributed by atoms with Crippen LogP contribution in [0.4, 0.5) is 0 Å². The van der Waals surface area contributed by atoms with E-state index in [0.717, 1.165) is 12.8 Å². The van der Waals surface area contributed by atoms with Crippen LogP contribution in [0.3, 0.4) is 0 Å². The third kappa shape index (κ3) is 5.63. The fourth-order valence-corrected chi connectivity index (χ4v) is 4.34. The van der Waals surface area contributed by atoms with E-state index in [0.29, 0.717) is 42.4 Å². The lowest BCUT2D eigenvalue weighted by atomic mass is 9.82. The molecule has 2 unspecified atom stereocenters. The summed E-state index contributed by atoms with van der Waals surface area (Å²) in [6.45, 7) is 6.50. The second-order valence-electron chi connectivity index (χ2n) is 6.60. The first-order chi connectivity index (χ1) is 12.6. The number of thioether (sulfide) groups is 1. The highest BCUT2D eigenvalue weighted by atomic mass is 32.2. The van der Waals surface area contributed by atoms with E-state index >= 15 is 0 Å². The van der Waals surface area contributed by atoms with E-state index in [-0.39, 0.29) is 17.5 Å². The number of aliphatic hydroxyl groups is 1. The van der Waals surface area contributed by atoms with Crippen molar-refractivity contribution in [1.29, 1.82) is 0 Å². The highest BCUT2D eigenvalue weighted by Crippen LogP contribution is 2.35. The zero-order valence-electron chi connectivity index (χ0n) is 15.9. The van der Waals surface area contributed by atoms with Gasteiger partial charge in [-0.25, -0.2) is 0 Å². The third-order valence-electron chi connectivity index (χ3n) is 4.42. The Morgan fingerprint density at radius 1 is 1.35 bits per heavy atom. The lowest BCUT2D eigenvalue weighted by Crippen LogP contribution is -2.26. The Balaban J connectivity index is 2.15. The summed E-state index contributed by atoms with van der Waals surface area (Å²) in [6.07, 6.45) is 3.47. The van der Waals surface area contributed by atoms with Crippen LogP contribution in [0.15, 0.2) is 51.7 Å². The Labute approximate surface area is 160 Å². The number of hydrogen-bond acceptors (Lipinski definition) is 5. The van der Waals surface area contributed by atoms with Crippen molar-refractivity contribution in [3.8, 4) is 0 Å². The molecular formula is C21H29NO3S. The molecule has 142 valence electrons. The number of allylic oxidation sites excluding steroid dienone is 2. The van der Waals surface area contributed by atoms with Crippen molar-refractivity contribution in [2.75, 3.05) is 6.61 Å². The summed E-state index contributed by atoms with van der Waals surface area (Å²) in [5.41, 5.74) is 0.985. The number of ketones is 1. The van der Waals surface area contributed by atoms with Crippen LogP contribution >= 0.6 is 11.8 Å². The number of oxime groups is 1. The van der Waals surface area contributed by atoms with Gasteiger partial charge in [-0.3, -0.25) is 4.79 Å². The molecule has 5 heteroatoms. The second kappa shape index (κ2) is 10.4. The minimum atomic E-state index is -0.0194. The highest BCUT2D eigenvalue weighted by Gasteiger charge is 2.32. The fraction of sp³-hybridized carbons (Fsp3) is 0.524. The summed E-state index contributed by atoms with van der Waals surface area (Å²) < 4.78 is 0. The Kier molecular flexibility index (Phi) is 8.23. The van der Waals surface area contributed by atoms with E-state index in [1.54, 1.807) is 11.8 Å². The Hall–Kier alpha value is -1.75. The molecule has 4 nitrogen and oxygen atoms in total. The molecule has 0 amide bonds. The molecule has 0 heterocycles. The first-order valence-corrected chi connectivity index (χ1v) is 10.3. The van der Waals surface area contributed by atoms with E-state index in [1.807, 2.05) is 32.0 Å². The average Bonchev–Trinajstić information content (AvgIpc) is 2.63. The van der Waals surface area contributed by atoms with Crippen LogP contribution in [0, 0.1) is 5.92 Å². The predicted octanol–water partition coefficient (Wildman–Crippen LogP) is 5.54. The lowest BCUT2D eigenvalue weighted by molar-refractivity contribution is -0.116. The first kappa shape index (κ1) is 20.6. The summed E-state index contributed by atoms with van der Waals surface area (Å²) in [4.78, 5) is 18.8. The van der Waals surface area contributed by atoms with Gasteiger partial charge < -0.3 is 9.94 Å². The molecule has 0 aromatic heterocycles. The molecule has 0 radical (unpaired) electrons. The number of carbonyl (C=O) groups excluding carboxylic acids is 1. The minimum absolute atomic E-state index is 0.00223. The van der Waals surface area contributed by atoms with Gasteiger partial charge >= 0.3 is 0 Å². The number of rotatable bonds is 9. The van der Waals surface area contributed by atoms with Gasteiger partial charge in [-0.2, -0.15) is 0 Å². The Morgan fingerprint density at radius 3 is 2.73 bits per heavy atom. The number of nitrogens with zero attached hydrogens (tertiary/aromatic N) is 1. The topological polar surface area (TPSA) is 58.9 Å². The molecule has 0 aliphatic heterocycles. The largest absolute Gasteiger partial charge is 0.511 e. The van der Waals surface area contributed by atoms with Gasteiger partial charge in [0.2, 0.25) is 0 Å². The average molecular weight is 376 g/mol. The number of carbonyl (C=O) groups is 1. The molecule has 1 aromatic rings. The summed E-state index contributed by atoms with van der Waals surface area (Å²) in [5.74, 6) is 0.181. The first-order valence-electron chi connectivity index (χ1n) is 9.44. The zero-order valence-corrected chi connectivity index (χ0v) is 16.7. The minimum Gasteiger partial charge on any atom is -0.511 e. The standard InChI is InChI=1S/C21H29NO3S/c1-4-9-18(22-25-5-2)20-19(23)13-12-16(21(20)24)14-15(3)26-17-10-7-6-8-11-17/h6-8,10-11,15-16,24H,4-5,9,12-14H2,1-3H3. The normalized spacial score (nSPS) is 19.6. The van der Waals surface area contributed by atoms with Crippen molar-refractivity contribution in [2.45, 2.75) is 63.0 Å². The van der Waals surface area contributed by atoms with Crippen LogP contribution in [0.1, 0.15) is 52.9 Å². The maximum Gasteiger partial charge on any atom is 0.168 e. The quantitative estimate of drug-likeness (QED) is 0.350. The van der Waals surface area contributed by atoms with E-state index < -0.39 is 0 Å². The molecule has 26 heavy (non-hydrogen) atoms. The SMILES string of the molecule is CCCC(=NOCC)C1=C(O)C(CC(C)Sc2ccccc2)CCC1=O. The van der Waals surface area contributed by atoms with Crippen molar-refractivity contribution < 1.29 is 14.7 Å². The smallest absolute Gasteiger partial charge is 0.168 e. The molecule has 1 N–H and O–H groups in total. The Morgan fingerprint density at radius 2 is 2.08 bits per heavy atom.